The summed E-state index contributed by atoms with van der Waals surface area (Å²) < 4.78 is 5.24. The van der Waals surface area contributed by atoms with Crippen LogP contribution in [0.4, 0.5) is 0 Å². The Bertz CT molecular complexity index is 395. The number of hydrogen-bond acceptors (Lipinski definition) is 4. The number of rotatable bonds is 7. The lowest BCUT2D eigenvalue weighted by Crippen LogP contribution is -2.31. The summed E-state index contributed by atoms with van der Waals surface area (Å²) in [4.78, 5) is 15.4. The Morgan fingerprint density at radius 3 is 2.83 bits per heavy atom. The van der Waals surface area contributed by atoms with Gasteiger partial charge in [0.15, 0.2) is 0 Å². The maximum absolute atomic E-state index is 11.7. The van der Waals surface area contributed by atoms with Gasteiger partial charge in [0.2, 0.25) is 5.91 Å². The zero-order valence-electron chi connectivity index (χ0n) is 10.9. The van der Waals surface area contributed by atoms with Crippen molar-refractivity contribution in [3.8, 4) is 6.07 Å². The van der Waals surface area contributed by atoms with Gasteiger partial charge in [-0.2, -0.15) is 5.26 Å². The van der Waals surface area contributed by atoms with Crippen molar-refractivity contribution in [2.75, 3.05) is 27.2 Å². The number of nitriles is 1. The SMILES string of the molecule is CN(CCC(=O)N(C)CCC#N)Cc1ccco1. The van der Waals surface area contributed by atoms with Crippen LogP contribution in [0.2, 0.25) is 0 Å². The Kier molecular flexibility index (Phi) is 5.95. The molecule has 5 nitrogen and oxygen atoms in total. The number of carbonyl (C=O) groups excluding carboxylic acids is 1. The molecule has 1 amide bonds. The molecule has 0 bridgehead atoms. The summed E-state index contributed by atoms with van der Waals surface area (Å²) in [5.74, 6) is 0.958. The van der Waals surface area contributed by atoms with Crippen LogP contribution in [0.5, 0.6) is 0 Å². The fraction of sp³-hybridized carbons (Fsp3) is 0.538. The molecule has 0 aliphatic heterocycles. The average Bonchev–Trinajstić information content (AvgIpc) is 2.85. The molecule has 1 heterocycles. The molecular weight excluding hydrogens is 230 g/mol. The second kappa shape index (κ2) is 7.51. The van der Waals surface area contributed by atoms with Gasteiger partial charge in [-0.15, -0.1) is 0 Å². The molecule has 1 aromatic heterocycles. The minimum Gasteiger partial charge on any atom is -0.468 e. The van der Waals surface area contributed by atoms with E-state index in [-0.39, 0.29) is 5.91 Å². The summed E-state index contributed by atoms with van der Waals surface area (Å²) in [5.41, 5.74) is 0. The van der Waals surface area contributed by atoms with E-state index < -0.39 is 0 Å². The smallest absolute Gasteiger partial charge is 0.223 e. The number of furan rings is 1. The first-order chi connectivity index (χ1) is 8.63. The van der Waals surface area contributed by atoms with Crippen LogP contribution in [-0.2, 0) is 11.3 Å². The topological polar surface area (TPSA) is 60.5 Å². The van der Waals surface area contributed by atoms with E-state index in [0.717, 1.165) is 5.76 Å². The van der Waals surface area contributed by atoms with Gasteiger partial charge in [0.05, 0.1) is 25.3 Å². The standard InChI is InChI=1S/C13H19N3O2/c1-15(11-12-5-3-10-18-12)9-6-13(17)16(2)8-4-7-14/h3,5,10H,4,6,8-9,11H2,1-2H3. The van der Waals surface area contributed by atoms with Crippen LogP contribution in [0.3, 0.4) is 0 Å². The Labute approximate surface area is 108 Å². The quantitative estimate of drug-likeness (QED) is 0.734. The Hall–Kier alpha value is -1.80. The van der Waals surface area contributed by atoms with Gasteiger partial charge in [0.1, 0.15) is 5.76 Å². The predicted octanol–water partition coefficient (Wildman–Crippen LogP) is 1.47. The third-order valence-corrected chi connectivity index (χ3v) is 2.70. The van der Waals surface area contributed by atoms with Crippen molar-refractivity contribution in [3.05, 3.63) is 24.2 Å². The number of amides is 1. The van der Waals surface area contributed by atoms with Crippen LogP contribution in [0.25, 0.3) is 0 Å². The molecule has 0 unspecified atom stereocenters. The van der Waals surface area contributed by atoms with Crippen molar-refractivity contribution < 1.29 is 9.21 Å². The van der Waals surface area contributed by atoms with Gasteiger partial charge in [0.25, 0.3) is 0 Å². The van der Waals surface area contributed by atoms with E-state index >= 15 is 0 Å². The summed E-state index contributed by atoms with van der Waals surface area (Å²) in [6, 6.07) is 5.80. The molecule has 0 saturated heterocycles. The first-order valence-corrected chi connectivity index (χ1v) is 5.95. The van der Waals surface area contributed by atoms with Gasteiger partial charge >= 0.3 is 0 Å². The van der Waals surface area contributed by atoms with Gasteiger partial charge in [-0.1, -0.05) is 0 Å². The highest BCUT2D eigenvalue weighted by atomic mass is 16.3. The van der Waals surface area contributed by atoms with E-state index in [1.54, 1.807) is 18.2 Å². The van der Waals surface area contributed by atoms with Gasteiger partial charge in [0, 0.05) is 26.6 Å². The monoisotopic (exact) mass is 249 g/mol. The second-order valence-corrected chi connectivity index (χ2v) is 4.29. The summed E-state index contributed by atoms with van der Waals surface area (Å²) in [7, 11) is 3.68. The Balaban J connectivity index is 2.23. The normalized spacial score (nSPS) is 10.3. The molecule has 0 aromatic carbocycles. The molecule has 0 saturated carbocycles. The fourth-order valence-corrected chi connectivity index (χ4v) is 1.57. The minimum absolute atomic E-state index is 0.0662. The lowest BCUT2D eigenvalue weighted by atomic mass is 10.3. The highest BCUT2D eigenvalue weighted by molar-refractivity contribution is 5.76. The van der Waals surface area contributed by atoms with Crippen LogP contribution in [0, 0.1) is 11.3 Å². The summed E-state index contributed by atoms with van der Waals surface area (Å²) in [5, 5.41) is 8.45. The zero-order chi connectivity index (χ0) is 13.4. The number of carbonyl (C=O) groups is 1. The molecule has 1 rings (SSSR count). The maximum Gasteiger partial charge on any atom is 0.223 e. The van der Waals surface area contributed by atoms with Crippen molar-refractivity contribution >= 4 is 5.91 Å². The van der Waals surface area contributed by atoms with E-state index in [2.05, 4.69) is 0 Å². The lowest BCUT2D eigenvalue weighted by Gasteiger charge is -2.18. The van der Waals surface area contributed by atoms with Crippen LogP contribution < -0.4 is 0 Å². The zero-order valence-corrected chi connectivity index (χ0v) is 10.9. The second-order valence-electron chi connectivity index (χ2n) is 4.29. The molecule has 0 spiro atoms. The molecule has 0 N–H and O–H groups in total. The molecule has 0 aliphatic rings. The highest BCUT2D eigenvalue weighted by Gasteiger charge is 2.10. The Morgan fingerprint density at radius 2 is 2.22 bits per heavy atom. The number of nitrogens with zero attached hydrogens (tertiary/aromatic N) is 3. The van der Waals surface area contributed by atoms with E-state index in [0.29, 0.717) is 32.5 Å². The van der Waals surface area contributed by atoms with Gasteiger partial charge in [-0.05, 0) is 19.2 Å². The van der Waals surface area contributed by atoms with E-state index in [4.69, 9.17) is 9.68 Å². The average molecular weight is 249 g/mol. The highest BCUT2D eigenvalue weighted by Crippen LogP contribution is 2.04. The summed E-state index contributed by atoms with van der Waals surface area (Å²) in [6.45, 7) is 1.87. The molecule has 0 aliphatic carbocycles. The molecule has 98 valence electrons. The Morgan fingerprint density at radius 1 is 1.44 bits per heavy atom. The molecular formula is C13H19N3O2. The third kappa shape index (κ3) is 5.02. The first-order valence-electron chi connectivity index (χ1n) is 5.95. The van der Waals surface area contributed by atoms with Crippen molar-refractivity contribution in [3.63, 3.8) is 0 Å². The predicted molar refractivity (Wildman–Crippen MR) is 67.5 cm³/mol. The van der Waals surface area contributed by atoms with Crippen LogP contribution in [0.15, 0.2) is 22.8 Å². The van der Waals surface area contributed by atoms with Gasteiger partial charge < -0.3 is 9.32 Å². The largest absolute Gasteiger partial charge is 0.468 e. The van der Waals surface area contributed by atoms with Crippen molar-refractivity contribution in [1.29, 1.82) is 5.26 Å². The molecule has 0 fully saturated rings. The maximum atomic E-state index is 11.7. The molecule has 5 heteroatoms. The fourth-order valence-electron chi connectivity index (χ4n) is 1.57. The van der Waals surface area contributed by atoms with Crippen LogP contribution >= 0.6 is 0 Å². The lowest BCUT2D eigenvalue weighted by molar-refractivity contribution is -0.130. The van der Waals surface area contributed by atoms with E-state index in [1.807, 2.05) is 30.1 Å². The van der Waals surface area contributed by atoms with Crippen molar-refractivity contribution in [2.24, 2.45) is 0 Å². The minimum atomic E-state index is 0.0662. The molecule has 0 atom stereocenters. The van der Waals surface area contributed by atoms with E-state index in [9.17, 15) is 4.79 Å². The summed E-state index contributed by atoms with van der Waals surface area (Å²) in [6.07, 6.45) is 2.48. The molecule has 1 aromatic rings. The van der Waals surface area contributed by atoms with E-state index in [1.165, 1.54) is 0 Å². The molecule has 0 radical (unpaired) electrons. The first kappa shape index (κ1) is 14.3. The van der Waals surface area contributed by atoms with Crippen LogP contribution in [0.1, 0.15) is 18.6 Å². The number of hydrogen-bond donors (Lipinski definition) is 0. The van der Waals surface area contributed by atoms with Gasteiger partial charge in [-0.25, -0.2) is 0 Å². The van der Waals surface area contributed by atoms with Gasteiger partial charge in [-0.3, -0.25) is 9.69 Å². The van der Waals surface area contributed by atoms with Crippen molar-refractivity contribution in [1.82, 2.24) is 9.80 Å². The third-order valence-electron chi connectivity index (χ3n) is 2.70. The molecule has 18 heavy (non-hydrogen) atoms. The summed E-state index contributed by atoms with van der Waals surface area (Å²) >= 11 is 0. The van der Waals surface area contributed by atoms with Crippen LogP contribution in [-0.4, -0.2) is 42.9 Å². The van der Waals surface area contributed by atoms with Crippen molar-refractivity contribution in [2.45, 2.75) is 19.4 Å².